The quantitative estimate of drug-likeness (QED) is 0.738. The molecule has 2 N–H and O–H groups in total. The minimum Gasteiger partial charge on any atom is -0.326 e. The maximum absolute atomic E-state index is 12.5. The molecule has 0 aliphatic carbocycles. The molecule has 6 heteroatoms. The van der Waals surface area contributed by atoms with Gasteiger partial charge in [0.25, 0.3) is 5.91 Å². The van der Waals surface area contributed by atoms with E-state index in [4.69, 9.17) is 0 Å². The Labute approximate surface area is 171 Å². The number of hydrogen-bond donors (Lipinski definition) is 2. The molecule has 2 aromatic rings. The molecule has 0 aromatic heterocycles. The van der Waals surface area contributed by atoms with Crippen LogP contribution in [0.1, 0.15) is 38.3 Å². The normalized spacial score (nSPS) is 16.7. The van der Waals surface area contributed by atoms with Crippen molar-refractivity contribution < 1.29 is 14.4 Å². The first-order valence-corrected chi connectivity index (χ1v) is 9.80. The van der Waals surface area contributed by atoms with Crippen LogP contribution in [-0.2, 0) is 21.4 Å². The molecule has 1 fully saturated rings. The summed E-state index contributed by atoms with van der Waals surface area (Å²) in [5.74, 6) is -0.759. The van der Waals surface area contributed by atoms with Gasteiger partial charge >= 0.3 is 6.03 Å². The molecule has 0 radical (unpaired) electrons. The second-order valence-electron chi connectivity index (χ2n) is 8.33. The van der Waals surface area contributed by atoms with E-state index in [1.54, 1.807) is 0 Å². The summed E-state index contributed by atoms with van der Waals surface area (Å²) in [6.07, 6.45) is 1.18. The van der Waals surface area contributed by atoms with Crippen molar-refractivity contribution in [2.45, 2.75) is 45.1 Å². The van der Waals surface area contributed by atoms with Crippen LogP contribution in [0.4, 0.5) is 10.5 Å². The number of nitrogens with one attached hydrogen (secondary N) is 2. The molecule has 1 aliphatic heterocycles. The van der Waals surface area contributed by atoms with E-state index in [1.807, 2.05) is 54.6 Å². The van der Waals surface area contributed by atoms with Crippen LogP contribution in [0.15, 0.2) is 54.6 Å². The third-order valence-corrected chi connectivity index (χ3v) is 5.01. The highest BCUT2D eigenvalue weighted by molar-refractivity contribution is 6.07. The van der Waals surface area contributed by atoms with Crippen molar-refractivity contribution in [2.24, 2.45) is 0 Å². The molecule has 1 heterocycles. The lowest BCUT2D eigenvalue weighted by Crippen LogP contribution is -2.38. The predicted octanol–water partition coefficient (Wildman–Crippen LogP) is 3.48. The summed E-state index contributed by atoms with van der Waals surface area (Å²) < 4.78 is 0. The summed E-state index contributed by atoms with van der Waals surface area (Å²) in [4.78, 5) is 38.0. The fraction of sp³-hybridized carbons (Fsp3) is 0.348. The fourth-order valence-corrected chi connectivity index (χ4v) is 3.28. The van der Waals surface area contributed by atoms with Crippen LogP contribution >= 0.6 is 0 Å². The van der Waals surface area contributed by atoms with E-state index in [9.17, 15) is 14.4 Å². The number of urea groups is 1. The van der Waals surface area contributed by atoms with E-state index in [-0.39, 0.29) is 17.9 Å². The number of amides is 4. The Morgan fingerprint density at radius 1 is 1.03 bits per heavy atom. The summed E-state index contributed by atoms with van der Waals surface area (Å²) >= 11 is 0. The molecule has 0 bridgehead atoms. The monoisotopic (exact) mass is 393 g/mol. The van der Waals surface area contributed by atoms with Crippen LogP contribution in [0.5, 0.6) is 0 Å². The molecule has 2 aromatic carbocycles. The molecule has 1 saturated heterocycles. The maximum atomic E-state index is 12.5. The maximum Gasteiger partial charge on any atom is 0.325 e. The van der Waals surface area contributed by atoms with E-state index in [0.29, 0.717) is 18.5 Å². The molecule has 6 nitrogen and oxygen atoms in total. The topological polar surface area (TPSA) is 78.5 Å². The van der Waals surface area contributed by atoms with Crippen molar-refractivity contribution in [3.63, 3.8) is 0 Å². The van der Waals surface area contributed by atoms with E-state index in [0.717, 1.165) is 16.0 Å². The summed E-state index contributed by atoms with van der Waals surface area (Å²) in [6.45, 7) is 6.05. The second-order valence-corrected chi connectivity index (χ2v) is 8.33. The van der Waals surface area contributed by atoms with Gasteiger partial charge in [0.2, 0.25) is 5.91 Å². The van der Waals surface area contributed by atoms with Crippen molar-refractivity contribution in [3.05, 3.63) is 65.7 Å². The molecule has 0 spiro atoms. The Hall–Kier alpha value is -3.15. The Balaban J connectivity index is 1.54. The fourth-order valence-electron chi connectivity index (χ4n) is 3.28. The number of benzene rings is 2. The third-order valence-electron chi connectivity index (χ3n) is 5.01. The van der Waals surface area contributed by atoms with Crippen LogP contribution in [0.25, 0.3) is 0 Å². The van der Waals surface area contributed by atoms with Gasteiger partial charge in [0.15, 0.2) is 0 Å². The van der Waals surface area contributed by atoms with E-state index in [2.05, 4.69) is 31.4 Å². The molecule has 1 aliphatic rings. The first kappa shape index (κ1) is 20.6. The Bertz CT molecular complexity index is 886. The van der Waals surface area contributed by atoms with Gasteiger partial charge in [0.1, 0.15) is 12.6 Å². The number of aryl methyl sites for hydroxylation is 1. The predicted molar refractivity (Wildman–Crippen MR) is 113 cm³/mol. The SMILES string of the molecule is CC(C)(C)c1ccc(NC(=O)CN2C(=O)NC(CCc3ccccc3)C2=O)cc1. The molecule has 0 saturated carbocycles. The zero-order chi connectivity index (χ0) is 21.0. The van der Waals surface area contributed by atoms with Gasteiger partial charge in [-0.25, -0.2) is 4.79 Å². The van der Waals surface area contributed by atoms with Gasteiger partial charge in [0.05, 0.1) is 0 Å². The van der Waals surface area contributed by atoms with Crippen molar-refractivity contribution >= 4 is 23.5 Å². The molecule has 3 rings (SSSR count). The van der Waals surface area contributed by atoms with E-state index < -0.39 is 18.0 Å². The molecule has 1 unspecified atom stereocenters. The van der Waals surface area contributed by atoms with Crippen LogP contribution in [-0.4, -0.2) is 35.3 Å². The highest BCUT2D eigenvalue weighted by atomic mass is 16.2. The molecule has 1 atom stereocenters. The molecule has 29 heavy (non-hydrogen) atoms. The zero-order valence-corrected chi connectivity index (χ0v) is 17.1. The Kier molecular flexibility index (Phi) is 6.01. The lowest BCUT2D eigenvalue weighted by molar-refractivity contribution is -0.130. The minimum absolute atomic E-state index is 0.0252. The largest absolute Gasteiger partial charge is 0.326 e. The van der Waals surface area contributed by atoms with Crippen molar-refractivity contribution in [1.82, 2.24) is 10.2 Å². The zero-order valence-electron chi connectivity index (χ0n) is 17.1. The van der Waals surface area contributed by atoms with Crippen LogP contribution in [0, 0.1) is 0 Å². The lowest BCUT2D eigenvalue weighted by Gasteiger charge is -2.19. The highest BCUT2D eigenvalue weighted by Crippen LogP contribution is 2.23. The Morgan fingerprint density at radius 3 is 2.31 bits per heavy atom. The minimum atomic E-state index is -0.596. The average molecular weight is 393 g/mol. The Morgan fingerprint density at radius 2 is 1.69 bits per heavy atom. The van der Waals surface area contributed by atoms with Gasteiger partial charge in [-0.2, -0.15) is 0 Å². The molecular formula is C23H27N3O3. The molecule has 152 valence electrons. The number of hydrogen-bond acceptors (Lipinski definition) is 3. The number of nitrogens with zero attached hydrogens (tertiary/aromatic N) is 1. The summed E-state index contributed by atoms with van der Waals surface area (Å²) in [7, 11) is 0. The van der Waals surface area contributed by atoms with Crippen molar-refractivity contribution in [3.8, 4) is 0 Å². The lowest BCUT2D eigenvalue weighted by atomic mass is 9.87. The van der Waals surface area contributed by atoms with Gasteiger partial charge in [0, 0.05) is 5.69 Å². The van der Waals surface area contributed by atoms with Crippen molar-refractivity contribution in [2.75, 3.05) is 11.9 Å². The summed E-state index contributed by atoms with van der Waals surface area (Å²) in [5, 5.41) is 5.42. The van der Waals surface area contributed by atoms with Gasteiger partial charge in [-0.15, -0.1) is 0 Å². The smallest absolute Gasteiger partial charge is 0.325 e. The first-order valence-electron chi connectivity index (χ1n) is 9.80. The average Bonchev–Trinajstić information content (AvgIpc) is 2.94. The van der Waals surface area contributed by atoms with E-state index >= 15 is 0 Å². The van der Waals surface area contributed by atoms with Crippen LogP contribution in [0.3, 0.4) is 0 Å². The first-order chi connectivity index (χ1) is 13.7. The second kappa shape index (κ2) is 8.47. The number of carbonyl (C=O) groups excluding carboxylic acids is 3. The standard InChI is InChI=1S/C23H27N3O3/c1-23(2,3)17-10-12-18(13-11-17)24-20(27)15-26-21(28)19(25-22(26)29)14-9-16-7-5-4-6-8-16/h4-8,10-13,19H,9,14-15H2,1-3H3,(H,24,27)(H,25,29). The van der Waals surface area contributed by atoms with Gasteiger partial charge in [-0.1, -0.05) is 63.2 Å². The van der Waals surface area contributed by atoms with Crippen LogP contribution < -0.4 is 10.6 Å². The summed E-state index contributed by atoms with van der Waals surface area (Å²) in [5.41, 5.74) is 2.92. The third kappa shape index (κ3) is 5.22. The van der Waals surface area contributed by atoms with Gasteiger partial charge < -0.3 is 10.6 Å². The molecular weight excluding hydrogens is 366 g/mol. The number of carbonyl (C=O) groups is 3. The van der Waals surface area contributed by atoms with Crippen LogP contribution in [0.2, 0.25) is 0 Å². The molecule has 4 amide bonds. The highest BCUT2D eigenvalue weighted by Gasteiger charge is 2.38. The van der Waals surface area contributed by atoms with Gasteiger partial charge in [-0.05, 0) is 41.5 Å². The summed E-state index contributed by atoms with van der Waals surface area (Å²) in [6, 6.07) is 16.2. The number of rotatable bonds is 6. The van der Waals surface area contributed by atoms with Gasteiger partial charge in [-0.3, -0.25) is 14.5 Å². The number of imide groups is 1. The van der Waals surface area contributed by atoms with Crippen molar-refractivity contribution in [1.29, 1.82) is 0 Å². The number of anilines is 1. The van der Waals surface area contributed by atoms with E-state index in [1.165, 1.54) is 0 Å².